The monoisotopic (exact) mass is 692 g/mol. The number of ether oxygens (including phenoxy) is 6. The third-order valence-electron chi connectivity index (χ3n) is 10.2. The predicted molar refractivity (Wildman–Crippen MR) is 194 cm³/mol. The molecule has 2 aromatic rings. The minimum absolute atomic E-state index is 0.217. The second kappa shape index (κ2) is 22.0. The van der Waals surface area contributed by atoms with Crippen LogP contribution < -0.4 is 18.9 Å². The van der Waals surface area contributed by atoms with Gasteiger partial charge in [0.2, 0.25) is 0 Å². The SMILES string of the molecule is O=C(Oc1ccc(OCCCCCCCCCC2CO2)cc1)C1CCC(C(=O)Oc2ccc(OCCCCCCCCCC3CO3)cc2)CC1. The molecule has 2 atom stereocenters. The van der Waals surface area contributed by atoms with Crippen LogP contribution >= 0.6 is 0 Å². The van der Waals surface area contributed by atoms with Gasteiger partial charge in [0.1, 0.15) is 23.0 Å². The van der Waals surface area contributed by atoms with E-state index in [1.807, 2.05) is 24.3 Å². The lowest BCUT2D eigenvalue weighted by Gasteiger charge is -2.25. The molecule has 0 aromatic heterocycles. The highest BCUT2D eigenvalue weighted by Crippen LogP contribution is 2.32. The molecule has 0 amide bonds. The third-order valence-corrected chi connectivity index (χ3v) is 10.2. The van der Waals surface area contributed by atoms with Gasteiger partial charge in [-0.15, -0.1) is 0 Å². The minimum Gasteiger partial charge on any atom is -0.494 e. The first kappa shape index (κ1) is 38.1. The van der Waals surface area contributed by atoms with Gasteiger partial charge in [0.25, 0.3) is 0 Å². The van der Waals surface area contributed by atoms with Gasteiger partial charge >= 0.3 is 11.9 Å². The van der Waals surface area contributed by atoms with Crippen molar-refractivity contribution in [2.24, 2.45) is 11.8 Å². The second-order valence-electron chi connectivity index (χ2n) is 14.5. The van der Waals surface area contributed by atoms with E-state index in [0.29, 0.717) is 62.6 Å². The molecule has 3 fully saturated rings. The van der Waals surface area contributed by atoms with Gasteiger partial charge in [-0.2, -0.15) is 0 Å². The number of hydrogen-bond acceptors (Lipinski definition) is 8. The standard InChI is InChI=1S/C42H60O8/c43-41(49-37-25-21-35(22-26-37)45-29-13-9-5-1-3-7-11-15-39-31-47-39)33-17-19-34(20-18-33)42(44)50-38-27-23-36(24-28-38)46-30-14-10-6-2-4-8-12-16-40-32-48-40/h21-28,33-34,39-40H,1-20,29-32H2. The van der Waals surface area contributed by atoms with Crippen molar-refractivity contribution in [1.82, 2.24) is 0 Å². The maximum atomic E-state index is 12.8. The number of esters is 2. The van der Waals surface area contributed by atoms with Crippen LogP contribution in [0.15, 0.2) is 48.5 Å². The fourth-order valence-corrected chi connectivity index (χ4v) is 6.74. The van der Waals surface area contributed by atoms with Crippen LogP contribution in [0, 0.1) is 11.8 Å². The van der Waals surface area contributed by atoms with Gasteiger partial charge in [0, 0.05) is 0 Å². The first-order valence-electron chi connectivity index (χ1n) is 19.7. The van der Waals surface area contributed by atoms with E-state index in [1.165, 1.54) is 89.9 Å². The molecular formula is C42H60O8. The maximum Gasteiger partial charge on any atom is 0.314 e. The van der Waals surface area contributed by atoms with Crippen molar-refractivity contribution in [2.75, 3.05) is 26.4 Å². The van der Waals surface area contributed by atoms with Gasteiger partial charge in [0.15, 0.2) is 0 Å². The summed E-state index contributed by atoms with van der Waals surface area (Å²) in [6.07, 6.45) is 23.4. The number of carbonyl (C=O) groups excluding carboxylic acids is 2. The number of carbonyl (C=O) groups is 2. The van der Waals surface area contributed by atoms with Crippen molar-refractivity contribution < 1.29 is 38.0 Å². The first-order valence-corrected chi connectivity index (χ1v) is 19.7. The molecule has 2 unspecified atom stereocenters. The van der Waals surface area contributed by atoms with E-state index in [1.54, 1.807) is 24.3 Å². The summed E-state index contributed by atoms with van der Waals surface area (Å²) in [7, 11) is 0. The Bertz CT molecular complexity index is 1130. The highest BCUT2D eigenvalue weighted by Gasteiger charge is 2.32. The molecule has 2 aromatic carbocycles. The summed E-state index contributed by atoms with van der Waals surface area (Å²) >= 11 is 0. The van der Waals surface area contributed by atoms with Crippen molar-refractivity contribution >= 4 is 11.9 Å². The van der Waals surface area contributed by atoms with Crippen LogP contribution in [0.2, 0.25) is 0 Å². The number of unbranched alkanes of at least 4 members (excludes halogenated alkanes) is 12. The van der Waals surface area contributed by atoms with Gasteiger partial charge < -0.3 is 28.4 Å². The van der Waals surface area contributed by atoms with Crippen molar-refractivity contribution in [3.05, 3.63) is 48.5 Å². The van der Waals surface area contributed by atoms with E-state index in [4.69, 9.17) is 28.4 Å². The Kier molecular flexibility index (Phi) is 16.8. The highest BCUT2D eigenvalue weighted by atomic mass is 16.6. The van der Waals surface area contributed by atoms with Crippen LogP contribution in [-0.2, 0) is 19.1 Å². The van der Waals surface area contributed by atoms with Crippen LogP contribution in [0.3, 0.4) is 0 Å². The predicted octanol–water partition coefficient (Wildman–Crippen LogP) is 9.80. The molecule has 276 valence electrons. The van der Waals surface area contributed by atoms with Gasteiger partial charge in [-0.1, -0.05) is 77.0 Å². The van der Waals surface area contributed by atoms with E-state index in [-0.39, 0.29) is 23.8 Å². The van der Waals surface area contributed by atoms with Crippen LogP contribution in [0.25, 0.3) is 0 Å². The summed E-state index contributed by atoms with van der Waals surface area (Å²) in [4.78, 5) is 25.7. The molecule has 0 N–H and O–H groups in total. The zero-order chi connectivity index (χ0) is 34.6. The summed E-state index contributed by atoms with van der Waals surface area (Å²) in [6.45, 7) is 3.34. The Morgan fingerprint density at radius 3 is 1.10 bits per heavy atom. The lowest BCUT2D eigenvalue weighted by Crippen LogP contribution is -2.30. The number of hydrogen-bond donors (Lipinski definition) is 0. The normalized spacial score (nSPS) is 21.0. The fraction of sp³-hybridized carbons (Fsp3) is 0.667. The molecule has 1 saturated carbocycles. The van der Waals surface area contributed by atoms with Crippen LogP contribution in [0.5, 0.6) is 23.0 Å². The van der Waals surface area contributed by atoms with E-state index in [9.17, 15) is 9.59 Å². The lowest BCUT2D eigenvalue weighted by atomic mass is 9.82. The van der Waals surface area contributed by atoms with Gasteiger partial charge in [0.05, 0.1) is 50.5 Å². The number of benzene rings is 2. The van der Waals surface area contributed by atoms with Crippen LogP contribution in [-0.4, -0.2) is 50.6 Å². The van der Waals surface area contributed by atoms with Gasteiger partial charge in [-0.25, -0.2) is 0 Å². The maximum absolute atomic E-state index is 12.8. The molecule has 50 heavy (non-hydrogen) atoms. The van der Waals surface area contributed by atoms with Crippen LogP contribution in [0.4, 0.5) is 0 Å². The summed E-state index contributed by atoms with van der Waals surface area (Å²) in [5, 5.41) is 0. The van der Waals surface area contributed by atoms with E-state index >= 15 is 0 Å². The molecule has 2 heterocycles. The zero-order valence-electron chi connectivity index (χ0n) is 30.2. The summed E-state index contributed by atoms with van der Waals surface area (Å²) < 4.78 is 33.6. The molecular weight excluding hydrogens is 632 g/mol. The van der Waals surface area contributed by atoms with Crippen LogP contribution in [0.1, 0.15) is 128 Å². The average Bonchev–Trinajstić information content (AvgIpc) is 4.08. The molecule has 8 nitrogen and oxygen atoms in total. The van der Waals surface area contributed by atoms with Gasteiger partial charge in [-0.05, 0) is 99.9 Å². The second-order valence-corrected chi connectivity index (χ2v) is 14.5. The fourth-order valence-electron chi connectivity index (χ4n) is 6.74. The van der Waals surface area contributed by atoms with Crippen molar-refractivity contribution in [1.29, 1.82) is 0 Å². The molecule has 3 aliphatic rings. The van der Waals surface area contributed by atoms with Gasteiger partial charge in [-0.3, -0.25) is 9.59 Å². The quantitative estimate of drug-likeness (QED) is 0.0416. The van der Waals surface area contributed by atoms with Crippen molar-refractivity contribution in [2.45, 2.75) is 141 Å². The van der Waals surface area contributed by atoms with E-state index in [2.05, 4.69) is 0 Å². The molecule has 2 aliphatic heterocycles. The Balaban J connectivity index is 0.863. The molecule has 1 aliphatic carbocycles. The topological polar surface area (TPSA) is 96.1 Å². The summed E-state index contributed by atoms with van der Waals surface area (Å²) in [5.41, 5.74) is 0. The van der Waals surface area contributed by atoms with Crippen molar-refractivity contribution in [3.8, 4) is 23.0 Å². The Labute approximate surface area is 299 Å². The van der Waals surface area contributed by atoms with Crippen molar-refractivity contribution in [3.63, 3.8) is 0 Å². The molecule has 0 radical (unpaired) electrons. The number of rotatable bonds is 26. The molecule has 0 bridgehead atoms. The zero-order valence-corrected chi connectivity index (χ0v) is 30.2. The summed E-state index contributed by atoms with van der Waals surface area (Å²) in [5.74, 6) is 1.70. The Morgan fingerprint density at radius 2 is 0.760 bits per heavy atom. The highest BCUT2D eigenvalue weighted by molar-refractivity contribution is 5.77. The summed E-state index contributed by atoms with van der Waals surface area (Å²) in [6, 6.07) is 14.6. The first-order chi connectivity index (χ1) is 24.6. The number of epoxide rings is 2. The lowest BCUT2D eigenvalue weighted by molar-refractivity contribution is -0.145. The molecule has 2 saturated heterocycles. The minimum atomic E-state index is -0.239. The largest absolute Gasteiger partial charge is 0.494 e. The average molecular weight is 693 g/mol. The third kappa shape index (κ3) is 15.4. The van der Waals surface area contributed by atoms with E-state index in [0.717, 1.165) is 37.6 Å². The van der Waals surface area contributed by atoms with E-state index < -0.39 is 0 Å². The molecule has 8 heteroatoms. The molecule has 5 rings (SSSR count). The molecule has 0 spiro atoms. The Morgan fingerprint density at radius 1 is 0.460 bits per heavy atom. The smallest absolute Gasteiger partial charge is 0.314 e. The Hall–Kier alpha value is -3.10.